The minimum atomic E-state index is -0.609. The molecule has 1 aliphatic heterocycles. The van der Waals surface area contributed by atoms with Crippen molar-refractivity contribution < 1.29 is 19.1 Å². The lowest BCUT2D eigenvalue weighted by atomic mass is 9.90. The topological polar surface area (TPSA) is 76.7 Å². The first kappa shape index (κ1) is 20.8. The molecular weight excluding hydrogens is 416 g/mol. The van der Waals surface area contributed by atoms with Crippen molar-refractivity contribution in [1.29, 1.82) is 0 Å². The van der Waals surface area contributed by atoms with Crippen LogP contribution in [0.1, 0.15) is 24.8 Å². The maximum Gasteiger partial charge on any atom is 0.232 e. The minimum absolute atomic E-state index is 0.0679. The molecule has 0 bridgehead atoms. The van der Waals surface area contributed by atoms with Gasteiger partial charge in [0.25, 0.3) is 0 Å². The smallest absolute Gasteiger partial charge is 0.232 e. The Hall–Kier alpha value is -3.51. The van der Waals surface area contributed by atoms with E-state index < -0.39 is 5.92 Å². The van der Waals surface area contributed by atoms with Crippen LogP contribution in [0.15, 0.2) is 66.7 Å². The summed E-state index contributed by atoms with van der Waals surface area (Å²) in [4.78, 5) is 25.2. The lowest BCUT2D eigenvalue weighted by Gasteiger charge is -2.25. The van der Waals surface area contributed by atoms with Gasteiger partial charge in [0.15, 0.2) is 5.75 Å². The van der Waals surface area contributed by atoms with Crippen molar-refractivity contribution in [2.75, 3.05) is 17.2 Å². The van der Waals surface area contributed by atoms with E-state index in [1.807, 2.05) is 37.3 Å². The van der Waals surface area contributed by atoms with Gasteiger partial charge < -0.3 is 20.1 Å². The molecule has 0 aliphatic carbocycles. The number of para-hydroxylation sites is 1. The molecule has 1 unspecified atom stereocenters. The average Bonchev–Trinajstić information content (AvgIpc) is 2.76. The summed E-state index contributed by atoms with van der Waals surface area (Å²) in [5.41, 5.74) is 1.85. The maximum absolute atomic E-state index is 13.1. The van der Waals surface area contributed by atoms with Crippen molar-refractivity contribution in [3.05, 3.63) is 77.3 Å². The predicted molar refractivity (Wildman–Crippen MR) is 120 cm³/mol. The first-order chi connectivity index (χ1) is 15.0. The van der Waals surface area contributed by atoms with E-state index in [1.165, 1.54) is 0 Å². The summed E-state index contributed by atoms with van der Waals surface area (Å²) in [7, 11) is 0. The van der Waals surface area contributed by atoms with Crippen LogP contribution in [-0.4, -0.2) is 18.4 Å². The molecule has 6 nitrogen and oxygen atoms in total. The Morgan fingerprint density at radius 1 is 1.10 bits per heavy atom. The monoisotopic (exact) mass is 436 g/mol. The quantitative estimate of drug-likeness (QED) is 0.527. The first-order valence-corrected chi connectivity index (χ1v) is 10.3. The zero-order valence-electron chi connectivity index (χ0n) is 16.9. The number of rotatable bonds is 6. The van der Waals surface area contributed by atoms with Gasteiger partial charge in [0, 0.05) is 17.1 Å². The standard InChI is InChI=1S/C24H21ClN2O4/c1-2-30-16-8-10-17(11-9-16)31-22-12-7-15(25)13-21(22)27-24(29)19-14-23(28)26-20-6-4-3-5-18(19)20/h3-13,19H,2,14H2,1H3,(H,26,28)(H,27,29). The van der Waals surface area contributed by atoms with Gasteiger partial charge in [-0.05, 0) is 61.0 Å². The fourth-order valence-electron chi connectivity index (χ4n) is 3.45. The van der Waals surface area contributed by atoms with E-state index in [-0.39, 0.29) is 18.2 Å². The molecule has 3 aromatic rings. The third-order valence-electron chi connectivity index (χ3n) is 4.88. The molecule has 3 aromatic carbocycles. The minimum Gasteiger partial charge on any atom is -0.494 e. The number of hydrogen-bond acceptors (Lipinski definition) is 4. The third-order valence-corrected chi connectivity index (χ3v) is 5.11. The number of amides is 2. The zero-order valence-corrected chi connectivity index (χ0v) is 17.6. The summed E-state index contributed by atoms with van der Waals surface area (Å²) in [6.07, 6.45) is 0.0679. The van der Waals surface area contributed by atoms with Gasteiger partial charge in [-0.1, -0.05) is 29.8 Å². The summed E-state index contributed by atoms with van der Waals surface area (Å²) >= 11 is 6.16. The van der Waals surface area contributed by atoms with E-state index in [4.69, 9.17) is 21.1 Å². The molecule has 0 saturated heterocycles. The predicted octanol–water partition coefficient (Wildman–Crippen LogP) is 5.60. The molecule has 1 aliphatic rings. The van der Waals surface area contributed by atoms with Gasteiger partial charge in [-0.15, -0.1) is 0 Å². The van der Waals surface area contributed by atoms with Crippen molar-refractivity contribution >= 4 is 34.8 Å². The number of benzene rings is 3. The van der Waals surface area contributed by atoms with E-state index in [9.17, 15) is 9.59 Å². The SMILES string of the molecule is CCOc1ccc(Oc2ccc(Cl)cc2NC(=O)C2CC(=O)Nc3ccccc32)cc1. The van der Waals surface area contributed by atoms with Crippen LogP contribution < -0.4 is 20.1 Å². The highest BCUT2D eigenvalue weighted by atomic mass is 35.5. The molecule has 158 valence electrons. The summed E-state index contributed by atoms with van der Waals surface area (Å²) in [5, 5.41) is 6.14. The first-order valence-electron chi connectivity index (χ1n) is 9.93. The summed E-state index contributed by atoms with van der Waals surface area (Å²) in [6.45, 7) is 2.50. The Bertz CT molecular complexity index is 1110. The molecule has 2 N–H and O–H groups in total. The summed E-state index contributed by atoms with van der Waals surface area (Å²) in [5.74, 6) is 0.659. The average molecular weight is 437 g/mol. The fraction of sp³-hybridized carbons (Fsp3) is 0.167. The van der Waals surface area contributed by atoms with Crippen LogP contribution in [0.2, 0.25) is 5.02 Å². The molecule has 0 saturated carbocycles. The Balaban J connectivity index is 1.57. The van der Waals surface area contributed by atoms with Crippen molar-refractivity contribution in [1.82, 2.24) is 0 Å². The number of fused-ring (bicyclic) bond motifs is 1. The number of ether oxygens (including phenoxy) is 2. The molecule has 7 heteroatoms. The van der Waals surface area contributed by atoms with Gasteiger partial charge in [0.2, 0.25) is 11.8 Å². The van der Waals surface area contributed by atoms with Crippen LogP contribution in [0.25, 0.3) is 0 Å². The summed E-state index contributed by atoms with van der Waals surface area (Å²) in [6, 6.07) is 19.5. The van der Waals surface area contributed by atoms with Gasteiger partial charge in [-0.2, -0.15) is 0 Å². The van der Waals surface area contributed by atoms with Gasteiger partial charge >= 0.3 is 0 Å². The molecule has 4 rings (SSSR count). The van der Waals surface area contributed by atoms with Crippen molar-refractivity contribution in [3.8, 4) is 17.2 Å². The second-order valence-corrected chi connectivity index (χ2v) is 7.46. The van der Waals surface area contributed by atoms with E-state index in [0.29, 0.717) is 34.5 Å². The van der Waals surface area contributed by atoms with E-state index in [0.717, 1.165) is 11.3 Å². The van der Waals surface area contributed by atoms with Crippen molar-refractivity contribution in [2.24, 2.45) is 0 Å². The van der Waals surface area contributed by atoms with Crippen LogP contribution in [0.4, 0.5) is 11.4 Å². The van der Waals surface area contributed by atoms with Crippen LogP contribution in [0.3, 0.4) is 0 Å². The second-order valence-electron chi connectivity index (χ2n) is 7.03. The van der Waals surface area contributed by atoms with Crippen LogP contribution in [0, 0.1) is 0 Å². The fourth-order valence-corrected chi connectivity index (χ4v) is 3.62. The Morgan fingerprint density at radius 2 is 1.84 bits per heavy atom. The third kappa shape index (κ3) is 4.81. The molecule has 0 radical (unpaired) electrons. The van der Waals surface area contributed by atoms with Crippen LogP contribution >= 0.6 is 11.6 Å². The van der Waals surface area contributed by atoms with E-state index >= 15 is 0 Å². The molecular formula is C24H21ClN2O4. The Labute approximate surface area is 185 Å². The van der Waals surface area contributed by atoms with E-state index in [2.05, 4.69) is 10.6 Å². The highest BCUT2D eigenvalue weighted by molar-refractivity contribution is 6.31. The number of carbonyl (C=O) groups is 2. The van der Waals surface area contributed by atoms with Crippen molar-refractivity contribution in [2.45, 2.75) is 19.3 Å². The normalized spacial score (nSPS) is 14.9. The number of carbonyl (C=O) groups excluding carboxylic acids is 2. The lowest BCUT2D eigenvalue weighted by molar-refractivity contribution is -0.123. The van der Waals surface area contributed by atoms with Gasteiger partial charge in [-0.3, -0.25) is 9.59 Å². The van der Waals surface area contributed by atoms with Crippen LogP contribution in [-0.2, 0) is 9.59 Å². The number of nitrogens with one attached hydrogen (secondary N) is 2. The second kappa shape index (κ2) is 9.10. The number of anilines is 2. The zero-order chi connectivity index (χ0) is 21.8. The van der Waals surface area contributed by atoms with Crippen molar-refractivity contribution in [3.63, 3.8) is 0 Å². The summed E-state index contributed by atoms with van der Waals surface area (Å²) < 4.78 is 11.4. The van der Waals surface area contributed by atoms with Gasteiger partial charge in [0.05, 0.1) is 18.2 Å². The van der Waals surface area contributed by atoms with Gasteiger partial charge in [0.1, 0.15) is 11.5 Å². The lowest BCUT2D eigenvalue weighted by Crippen LogP contribution is -2.30. The molecule has 0 aromatic heterocycles. The highest BCUT2D eigenvalue weighted by Crippen LogP contribution is 2.36. The Kier molecular flexibility index (Phi) is 6.09. The molecule has 0 spiro atoms. The molecule has 1 heterocycles. The molecule has 1 atom stereocenters. The highest BCUT2D eigenvalue weighted by Gasteiger charge is 2.31. The number of hydrogen-bond donors (Lipinski definition) is 2. The number of halogens is 1. The van der Waals surface area contributed by atoms with E-state index in [1.54, 1.807) is 36.4 Å². The molecule has 31 heavy (non-hydrogen) atoms. The molecule has 0 fully saturated rings. The Morgan fingerprint density at radius 3 is 2.61 bits per heavy atom. The van der Waals surface area contributed by atoms with Crippen LogP contribution in [0.5, 0.6) is 17.2 Å². The largest absolute Gasteiger partial charge is 0.494 e. The maximum atomic E-state index is 13.1. The molecule has 2 amide bonds. The van der Waals surface area contributed by atoms with Gasteiger partial charge in [-0.25, -0.2) is 0 Å².